The van der Waals surface area contributed by atoms with E-state index in [9.17, 15) is 13.2 Å². The van der Waals surface area contributed by atoms with Crippen molar-refractivity contribution in [1.82, 2.24) is 0 Å². The van der Waals surface area contributed by atoms with Crippen LogP contribution in [0.5, 0.6) is 11.5 Å². The fraction of sp³-hybridized carbons (Fsp3) is 0.235. The zero-order valence-corrected chi connectivity index (χ0v) is 13.2. The lowest BCUT2D eigenvalue weighted by molar-refractivity contribution is -0.137. The van der Waals surface area contributed by atoms with Crippen LogP contribution in [0.2, 0.25) is 5.02 Å². The van der Waals surface area contributed by atoms with E-state index in [1.807, 2.05) is 0 Å². The molecule has 0 spiro atoms. The summed E-state index contributed by atoms with van der Waals surface area (Å²) < 4.78 is 43.4. The van der Waals surface area contributed by atoms with Crippen LogP contribution in [-0.2, 0) is 11.6 Å². The molecule has 2 aromatic carbocycles. The van der Waals surface area contributed by atoms with Gasteiger partial charge in [0, 0.05) is 0 Å². The number of halogens is 4. The summed E-state index contributed by atoms with van der Waals surface area (Å²) in [6.45, 7) is 3.52. The topological polar surface area (TPSA) is 33.0 Å². The molecule has 0 N–H and O–H groups in total. The van der Waals surface area contributed by atoms with Crippen molar-refractivity contribution in [3.05, 3.63) is 58.6 Å². The van der Waals surface area contributed by atoms with E-state index in [2.05, 4.69) is 6.07 Å². The monoisotopic (exact) mass is 339 g/mol. The van der Waals surface area contributed by atoms with E-state index in [1.165, 1.54) is 6.07 Å². The van der Waals surface area contributed by atoms with Gasteiger partial charge in [0.1, 0.15) is 11.5 Å². The Morgan fingerprint density at radius 2 is 1.74 bits per heavy atom. The van der Waals surface area contributed by atoms with Gasteiger partial charge in [-0.05, 0) is 49.7 Å². The molecule has 120 valence electrons. The Labute approximate surface area is 137 Å². The lowest BCUT2D eigenvalue weighted by atomic mass is 9.86. The second kappa shape index (κ2) is 6.13. The van der Waals surface area contributed by atoms with Crippen molar-refractivity contribution in [2.24, 2.45) is 0 Å². The Bertz CT molecular complexity index is 763. The Morgan fingerprint density at radius 3 is 2.30 bits per heavy atom. The third-order valence-corrected chi connectivity index (χ3v) is 3.62. The summed E-state index contributed by atoms with van der Waals surface area (Å²) in [5.41, 5.74) is -0.807. The van der Waals surface area contributed by atoms with Gasteiger partial charge < -0.3 is 4.74 Å². The highest BCUT2D eigenvalue weighted by molar-refractivity contribution is 6.32. The molecule has 0 aliphatic carbocycles. The molecule has 0 heterocycles. The predicted molar refractivity (Wildman–Crippen MR) is 81.6 cm³/mol. The Hall–Kier alpha value is -2.19. The Morgan fingerprint density at radius 1 is 1.04 bits per heavy atom. The van der Waals surface area contributed by atoms with Gasteiger partial charge in [0.2, 0.25) is 0 Å². The lowest BCUT2D eigenvalue weighted by Gasteiger charge is -2.17. The standard InChI is InChI=1S/C17H13ClF3NO/c1-16(2,10-22)11-4-3-5-13(8-11)23-15-7-6-12(9-14(15)18)17(19,20)21/h3-9H,1-2H3. The van der Waals surface area contributed by atoms with Crippen molar-refractivity contribution in [3.8, 4) is 17.6 Å². The molecular weight excluding hydrogens is 327 g/mol. The molecule has 0 unspecified atom stereocenters. The number of rotatable bonds is 3. The van der Waals surface area contributed by atoms with E-state index in [1.54, 1.807) is 38.1 Å². The van der Waals surface area contributed by atoms with E-state index >= 15 is 0 Å². The molecule has 2 rings (SSSR count). The molecule has 0 radical (unpaired) electrons. The van der Waals surface area contributed by atoms with Gasteiger partial charge in [0.25, 0.3) is 0 Å². The van der Waals surface area contributed by atoms with Crippen LogP contribution >= 0.6 is 11.6 Å². The SMILES string of the molecule is CC(C)(C#N)c1cccc(Oc2ccc(C(F)(F)F)cc2Cl)c1. The highest BCUT2D eigenvalue weighted by Crippen LogP contribution is 2.37. The van der Waals surface area contributed by atoms with Gasteiger partial charge in [-0.3, -0.25) is 0 Å². The van der Waals surface area contributed by atoms with Crippen LogP contribution in [-0.4, -0.2) is 0 Å². The van der Waals surface area contributed by atoms with Gasteiger partial charge in [-0.1, -0.05) is 23.7 Å². The normalized spacial score (nSPS) is 11.9. The van der Waals surface area contributed by atoms with Crippen molar-refractivity contribution in [2.75, 3.05) is 0 Å². The van der Waals surface area contributed by atoms with Crippen molar-refractivity contribution < 1.29 is 17.9 Å². The van der Waals surface area contributed by atoms with Crippen molar-refractivity contribution in [2.45, 2.75) is 25.4 Å². The summed E-state index contributed by atoms with van der Waals surface area (Å²) in [6, 6.07) is 11.9. The third-order valence-electron chi connectivity index (χ3n) is 3.32. The summed E-state index contributed by atoms with van der Waals surface area (Å²) >= 11 is 5.86. The Kier molecular flexibility index (Phi) is 4.58. The molecular formula is C17H13ClF3NO. The fourth-order valence-corrected chi connectivity index (χ4v) is 2.12. The van der Waals surface area contributed by atoms with Gasteiger partial charge in [-0.15, -0.1) is 0 Å². The van der Waals surface area contributed by atoms with Gasteiger partial charge in [0.15, 0.2) is 0 Å². The van der Waals surface area contributed by atoms with Gasteiger partial charge in [-0.25, -0.2) is 0 Å². The van der Waals surface area contributed by atoms with Crippen molar-refractivity contribution >= 4 is 11.6 Å². The first-order valence-electron chi connectivity index (χ1n) is 6.70. The molecule has 2 aromatic rings. The van der Waals surface area contributed by atoms with Crippen LogP contribution in [0.4, 0.5) is 13.2 Å². The molecule has 0 aliphatic rings. The highest BCUT2D eigenvalue weighted by Gasteiger charge is 2.31. The quantitative estimate of drug-likeness (QED) is 0.692. The predicted octanol–water partition coefficient (Wildman–Crippen LogP) is 5.95. The summed E-state index contributed by atoms with van der Waals surface area (Å²) in [7, 11) is 0. The summed E-state index contributed by atoms with van der Waals surface area (Å²) in [5, 5.41) is 9.03. The molecule has 0 amide bonds. The second-order valence-electron chi connectivity index (χ2n) is 5.51. The van der Waals surface area contributed by atoms with Crippen LogP contribution in [0.25, 0.3) is 0 Å². The van der Waals surface area contributed by atoms with Crippen LogP contribution in [0, 0.1) is 11.3 Å². The molecule has 0 saturated heterocycles. The minimum Gasteiger partial charge on any atom is -0.456 e. The fourth-order valence-electron chi connectivity index (χ4n) is 1.90. The minimum atomic E-state index is -4.46. The maximum absolute atomic E-state index is 12.6. The van der Waals surface area contributed by atoms with Crippen molar-refractivity contribution in [1.29, 1.82) is 5.26 Å². The Balaban J connectivity index is 2.30. The molecule has 0 aliphatic heterocycles. The average Bonchev–Trinajstić information content (AvgIpc) is 2.48. The largest absolute Gasteiger partial charge is 0.456 e. The number of ether oxygens (including phenoxy) is 1. The highest BCUT2D eigenvalue weighted by atomic mass is 35.5. The summed E-state index contributed by atoms with van der Waals surface area (Å²) in [6.07, 6.45) is -4.46. The van der Waals surface area contributed by atoms with E-state index in [0.29, 0.717) is 5.75 Å². The van der Waals surface area contributed by atoms with E-state index in [4.69, 9.17) is 21.6 Å². The molecule has 23 heavy (non-hydrogen) atoms. The number of nitriles is 1. The lowest BCUT2D eigenvalue weighted by Crippen LogP contribution is -2.13. The van der Waals surface area contributed by atoms with E-state index < -0.39 is 17.2 Å². The first kappa shape index (κ1) is 17.2. The molecule has 0 saturated carbocycles. The zero-order valence-electron chi connectivity index (χ0n) is 12.4. The summed E-state index contributed by atoms with van der Waals surface area (Å²) in [5.74, 6) is 0.513. The molecule has 0 aromatic heterocycles. The smallest absolute Gasteiger partial charge is 0.416 e. The minimum absolute atomic E-state index is 0.117. The van der Waals surface area contributed by atoms with E-state index in [-0.39, 0.29) is 10.8 Å². The molecule has 2 nitrogen and oxygen atoms in total. The maximum atomic E-state index is 12.6. The van der Waals surface area contributed by atoms with Gasteiger partial charge >= 0.3 is 6.18 Å². The second-order valence-corrected chi connectivity index (χ2v) is 5.92. The first-order valence-corrected chi connectivity index (χ1v) is 7.08. The molecule has 0 fully saturated rings. The van der Waals surface area contributed by atoms with E-state index in [0.717, 1.165) is 17.7 Å². The van der Waals surface area contributed by atoms with Crippen LogP contribution in [0.1, 0.15) is 25.0 Å². The van der Waals surface area contributed by atoms with Gasteiger partial charge in [0.05, 0.1) is 22.1 Å². The van der Waals surface area contributed by atoms with Gasteiger partial charge in [-0.2, -0.15) is 18.4 Å². The van der Waals surface area contributed by atoms with Crippen LogP contribution < -0.4 is 4.74 Å². The average molecular weight is 340 g/mol. The van der Waals surface area contributed by atoms with Crippen molar-refractivity contribution in [3.63, 3.8) is 0 Å². The molecule has 0 bridgehead atoms. The maximum Gasteiger partial charge on any atom is 0.416 e. The number of alkyl halides is 3. The number of hydrogen-bond acceptors (Lipinski definition) is 2. The zero-order chi connectivity index (χ0) is 17.3. The molecule has 0 atom stereocenters. The van der Waals surface area contributed by atoms with Crippen LogP contribution in [0.3, 0.4) is 0 Å². The van der Waals surface area contributed by atoms with Crippen LogP contribution in [0.15, 0.2) is 42.5 Å². The number of nitrogens with zero attached hydrogens (tertiary/aromatic N) is 1. The molecule has 6 heteroatoms. The number of benzene rings is 2. The summed E-state index contributed by atoms with van der Waals surface area (Å²) in [4.78, 5) is 0. The first-order chi connectivity index (χ1) is 10.6. The number of hydrogen-bond donors (Lipinski definition) is 0. The third kappa shape index (κ3) is 3.96.